The fourth-order valence-electron chi connectivity index (χ4n) is 4.38. The summed E-state index contributed by atoms with van der Waals surface area (Å²) in [6.45, 7) is 0. The van der Waals surface area contributed by atoms with E-state index in [9.17, 15) is 0 Å². The van der Waals surface area contributed by atoms with Gasteiger partial charge in [-0.2, -0.15) is 0 Å². The highest BCUT2D eigenvalue weighted by Crippen LogP contribution is 2.50. The molecule has 2 aliphatic rings. The Hall–Kier alpha value is -1.96. The van der Waals surface area contributed by atoms with Gasteiger partial charge in [0.2, 0.25) is 0 Å². The second kappa shape index (κ2) is 6.51. The van der Waals surface area contributed by atoms with Crippen LogP contribution in [0.5, 0.6) is 11.5 Å². The van der Waals surface area contributed by atoms with Gasteiger partial charge in [0.25, 0.3) is 0 Å². The Morgan fingerprint density at radius 1 is 0.708 bits per heavy atom. The monoisotopic (exact) mass is 322 g/mol. The summed E-state index contributed by atoms with van der Waals surface area (Å²) in [6, 6.07) is 13.7. The molecule has 126 valence electrons. The van der Waals surface area contributed by atoms with Gasteiger partial charge in [0.05, 0.1) is 14.2 Å². The molecule has 0 amide bonds. The highest BCUT2D eigenvalue weighted by molar-refractivity contribution is 5.44. The first-order valence-corrected chi connectivity index (χ1v) is 9.14. The summed E-state index contributed by atoms with van der Waals surface area (Å²) in [6.07, 6.45) is 7.13. The van der Waals surface area contributed by atoms with Crippen LogP contribution in [-0.2, 0) is 12.8 Å². The minimum Gasteiger partial charge on any atom is -0.496 e. The van der Waals surface area contributed by atoms with Crippen molar-refractivity contribution in [1.82, 2.24) is 0 Å². The van der Waals surface area contributed by atoms with E-state index in [2.05, 4.69) is 36.4 Å². The van der Waals surface area contributed by atoms with Crippen LogP contribution in [0.4, 0.5) is 0 Å². The van der Waals surface area contributed by atoms with Crippen molar-refractivity contribution < 1.29 is 9.47 Å². The Labute approximate surface area is 144 Å². The Balaban J connectivity index is 1.74. The third-order valence-corrected chi connectivity index (χ3v) is 5.88. The quantitative estimate of drug-likeness (QED) is 0.752. The summed E-state index contributed by atoms with van der Waals surface area (Å²) in [5.41, 5.74) is 5.72. The van der Waals surface area contributed by atoms with Crippen LogP contribution in [0.15, 0.2) is 36.4 Å². The summed E-state index contributed by atoms with van der Waals surface area (Å²) in [5.74, 6) is 3.39. The standard InChI is InChI=1S/C22H26O2/c1-23-21-11-7-15-13-17(21)5-3-4-6-18-14-16(8-12-22(18)24-2)20-10-9-19(15)20/h7-8,11-14,19-20H,3-6,9-10H2,1-2H3. The molecule has 0 radical (unpaired) electrons. The van der Waals surface area contributed by atoms with Crippen LogP contribution in [0.25, 0.3) is 0 Å². The van der Waals surface area contributed by atoms with E-state index in [1.54, 1.807) is 14.2 Å². The molecule has 2 unspecified atom stereocenters. The number of benzene rings is 2. The first kappa shape index (κ1) is 15.6. The average Bonchev–Trinajstić information content (AvgIpc) is 2.57. The van der Waals surface area contributed by atoms with E-state index in [1.165, 1.54) is 47.9 Å². The third-order valence-electron chi connectivity index (χ3n) is 5.88. The SMILES string of the molecule is COc1ccc2cc1CCCCc1cc(ccc1OC)C1CCC21. The van der Waals surface area contributed by atoms with Crippen molar-refractivity contribution in [3.05, 3.63) is 58.7 Å². The van der Waals surface area contributed by atoms with Crippen molar-refractivity contribution in [2.24, 2.45) is 0 Å². The molecular weight excluding hydrogens is 296 g/mol. The molecule has 4 rings (SSSR count). The summed E-state index contributed by atoms with van der Waals surface area (Å²) in [4.78, 5) is 0. The lowest BCUT2D eigenvalue weighted by molar-refractivity contribution is 0.344. The largest absolute Gasteiger partial charge is 0.496 e. The zero-order chi connectivity index (χ0) is 16.5. The molecule has 0 saturated heterocycles. The minimum atomic E-state index is 0.648. The Morgan fingerprint density at radius 3 is 1.54 bits per heavy atom. The van der Waals surface area contributed by atoms with Crippen molar-refractivity contribution in [1.29, 1.82) is 0 Å². The molecular formula is C22H26O2. The molecule has 0 aromatic heterocycles. The lowest BCUT2D eigenvalue weighted by atomic mass is 9.66. The maximum atomic E-state index is 5.59. The van der Waals surface area contributed by atoms with Gasteiger partial charge >= 0.3 is 0 Å². The van der Waals surface area contributed by atoms with Crippen LogP contribution >= 0.6 is 0 Å². The molecule has 0 aliphatic heterocycles. The van der Waals surface area contributed by atoms with Crippen molar-refractivity contribution in [2.45, 2.75) is 50.4 Å². The smallest absolute Gasteiger partial charge is 0.122 e. The summed E-state index contributed by atoms with van der Waals surface area (Å²) in [5, 5.41) is 0. The molecule has 0 N–H and O–H groups in total. The molecule has 2 nitrogen and oxygen atoms in total. The second-order valence-corrected chi connectivity index (χ2v) is 7.14. The predicted molar refractivity (Wildman–Crippen MR) is 97.3 cm³/mol. The van der Waals surface area contributed by atoms with Crippen LogP contribution in [0.3, 0.4) is 0 Å². The average molecular weight is 322 g/mol. The molecule has 2 atom stereocenters. The molecule has 2 aliphatic carbocycles. The number of ether oxygens (including phenoxy) is 2. The topological polar surface area (TPSA) is 18.5 Å². The Bertz CT molecular complexity index is 671. The highest BCUT2D eigenvalue weighted by atomic mass is 16.5. The number of hydrogen-bond donors (Lipinski definition) is 0. The minimum absolute atomic E-state index is 0.648. The number of hydrogen-bond acceptors (Lipinski definition) is 2. The molecule has 24 heavy (non-hydrogen) atoms. The van der Waals surface area contributed by atoms with Crippen molar-refractivity contribution in [3.8, 4) is 11.5 Å². The molecule has 0 spiro atoms. The van der Waals surface area contributed by atoms with Gasteiger partial charge in [-0.1, -0.05) is 24.3 Å². The van der Waals surface area contributed by atoms with Gasteiger partial charge in [-0.05, 0) is 84.7 Å². The molecule has 1 saturated carbocycles. The zero-order valence-electron chi connectivity index (χ0n) is 14.7. The van der Waals surface area contributed by atoms with E-state index in [1.807, 2.05) is 0 Å². The Morgan fingerprint density at radius 2 is 1.17 bits per heavy atom. The van der Waals surface area contributed by atoms with E-state index in [0.717, 1.165) is 24.3 Å². The third kappa shape index (κ3) is 2.68. The van der Waals surface area contributed by atoms with Crippen molar-refractivity contribution in [3.63, 3.8) is 0 Å². The highest BCUT2D eigenvalue weighted by Gasteiger charge is 2.34. The summed E-state index contributed by atoms with van der Waals surface area (Å²) < 4.78 is 11.2. The number of aryl methyl sites for hydroxylation is 2. The van der Waals surface area contributed by atoms with Gasteiger partial charge in [0, 0.05) is 0 Å². The van der Waals surface area contributed by atoms with Gasteiger partial charge in [-0.25, -0.2) is 0 Å². The van der Waals surface area contributed by atoms with E-state index < -0.39 is 0 Å². The molecule has 2 heteroatoms. The van der Waals surface area contributed by atoms with Crippen LogP contribution in [0, 0.1) is 0 Å². The van der Waals surface area contributed by atoms with E-state index >= 15 is 0 Å². The fourth-order valence-corrected chi connectivity index (χ4v) is 4.38. The zero-order valence-corrected chi connectivity index (χ0v) is 14.7. The lowest BCUT2D eigenvalue weighted by Gasteiger charge is -2.38. The summed E-state index contributed by atoms with van der Waals surface area (Å²) in [7, 11) is 3.56. The normalized spacial score (nSPS) is 22.4. The van der Waals surface area contributed by atoms with Crippen LogP contribution in [0.1, 0.15) is 59.8 Å². The van der Waals surface area contributed by atoms with Gasteiger partial charge in [-0.15, -0.1) is 0 Å². The summed E-state index contributed by atoms with van der Waals surface area (Å²) >= 11 is 0. The van der Waals surface area contributed by atoms with Gasteiger partial charge < -0.3 is 9.47 Å². The van der Waals surface area contributed by atoms with Crippen LogP contribution in [-0.4, -0.2) is 14.2 Å². The number of methoxy groups -OCH3 is 2. The maximum Gasteiger partial charge on any atom is 0.122 e. The van der Waals surface area contributed by atoms with Crippen molar-refractivity contribution >= 4 is 0 Å². The predicted octanol–water partition coefficient (Wildman–Crippen LogP) is 5.24. The van der Waals surface area contributed by atoms with Crippen LogP contribution < -0.4 is 9.47 Å². The number of rotatable bonds is 2. The maximum absolute atomic E-state index is 5.59. The Kier molecular flexibility index (Phi) is 4.22. The first-order chi connectivity index (χ1) is 11.8. The van der Waals surface area contributed by atoms with Gasteiger partial charge in [-0.3, -0.25) is 0 Å². The van der Waals surface area contributed by atoms with Crippen molar-refractivity contribution in [2.75, 3.05) is 14.2 Å². The van der Waals surface area contributed by atoms with Gasteiger partial charge in [0.1, 0.15) is 11.5 Å². The van der Waals surface area contributed by atoms with E-state index in [0.29, 0.717) is 11.8 Å². The second-order valence-electron chi connectivity index (χ2n) is 7.14. The fraction of sp³-hybridized carbons (Fsp3) is 0.455. The lowest BCUT2D eigenvalue weighted by Crippen LogP contribution is -2.22. The number of fused-ring (bicyclic) bond motifs is 7. The van der Waals surface area contributed by atoms with Gasteiger partial charge in [0.15, 0.2) is 0 Å². The molecule has 0 heterocycles. The van der Waals surface area contributed by atoms with E-state index in [-0.39, 0.29) is 0 Å². The molecule has 2 aromatic rings. The molecule has 2 aromatic carbocycles. The van der Waals surface area contributed by atoms with E-state index in [4.69, 9.17) is 9.47 Å². The molecule has 4 bridgehead atoms. The molecule has 1 fully saturated rings. The van der Waals surface area contributed by atoms with Crippen LogP contribution in [0.2, 0.25) is 0 Å². The first-order valence-electron chi connectivity index (χ1n) is 9.14.